The summed E-state index contributed by atoms with van der Waals surface area (Å²) in [5.41, 5.74) is 2.61. The Balaban J connectivity index is 1.92. The molecule has 4 nitrogen and oxygen atoms in total. The summed E-state index contributed by atoms with van der Waals surface area (Å²) in [7, 11) is 0. The van der Waals surface area contributed by atoms with Gasteiger partial charge >= 0.3 is 0 Å². The number of hydrogen-bond donors (Lipinski definition) is 1. The number of carbonyl (C=O) groups excluding carboxylic acids is 1. The summed E-state index contributed by atoms with van der Waals surface area (Å²) in [5.74, 6) is -0.244. The lowest BCUT2D eigenvalue weighted by molar-refractivity contribution is 0.0942. The SMILES string of the molecule is N#Cc1cccc(C(=O)N[C@H](c2ccccc2)c2ccccn2)c1. The molecule has 3 rings (SSSR count). The van der Waals surface area contributed by atoms with Crippen LogP contribution in [0.15, 0.2) is 79.0 Å². The maximum Gasteiger partial charge on any atom is 0.252 e. The van der Waals surface area contributed by atoms with E-state index in [0.29, 0.717) is 11.1 Å². The van der Waals surface area contributed by atoms with Gasteiger partial charge in [-0.2, -0.15) is 5.26 Å². The molecule has 0 unspecified atom stereocenters. The highest BCUT2D eigenvalue weighted by Gasteiger charge is 2.18. The number of nitrogens with one attached hydrogen (secondary N) is 1. The Morgan fingerprint density at radius 1 is 1.00 bits per heavy atom. The first kappa shape index (κ1) is 15.4. The fraction of sp³-hybridized carbons (Fsp3) is 0.0500. The molecule has 1 N–H and O–H groups in total. The molecule has 2 aromatic carbocycles. The number of rotatable bonds is 4. The third kappa shape index (κ3) is 3.47. The van der Waals surface area contributed by atoms with E-state index in [1.54, 1.807) is 30.5 Å². The van der Waals surface area contributed by atoms with Gasteiger partial charge in [0.25, 0.3) is 5.91 Å². The van der Waals surface area contributed by atoms with Crippen molar-refractivity contribution in [3.05, 3.63) is 101 Å². The van der Waals surface area contributed by atoms with Crippen molar-refractivity contribution in [1.82, 2.24) is 10.3 Å². The Morgan fingerprint density at radius 3 is 2.50 bits per heavy atom. The second-order valence-electron chi connectivity index (χ2n) is 5.26. The first-order valence-electron chi connectivity index (χ1n) is 7.55. The van der Waals surface area contributed by atoms with Crippen LogP contribution in [-0.2, 0) is 0 Å². The molecule has 0 bridgehead atoms. The number of pyridine rings is 1. The topological polar surface area (TPSA) is 65.8 Å². The Labute approximate surface area is 140 Å². The van der Waals surface area contributed by atoms with Crippen molar-refractivity contribution in [1.29, 1.82) is 5.26 Å². The van der Waals surface area contributed by atoms with Crippen LogP contribution in [0.5, 0.6) is 0 Å². The highest BCUT2D eigenvalue weighted by Crippen LogP contribution is 2.20. The van der Waals surface area contributed by atoms with Crippen LogP contribution in [0.1, 0.15) is 33.2 Å². The number of hydrogen-bond acceptors (Lipinski definition) is 3. The fourth-order valence-corrected chi connectivity index (χ4v) is 2.46. The van der Waals surface area contributed by atoms with Crippen LogP contribution in [0.4, 0.5) is 0 Å². The normalized spacial score (nSPS) is 11.3. The van der Waals surface area contributed by atoms with Crippen molar-refractivity contribution < 1.29 is 4.79 Å². The molecular weight excluding hydrogens is 298 g/mol. The Morgan fingerprint density at radius 2 is 1.79 bits per heavy atom. The molecule has 0 saturated carbocycles. The van der Waals surface area contributed by atoms with Gasteiger partial charge in [-0.1, -0.05) is 42.5 Å². The number of amides is 1. The number of nitriles is 1. The standard InChI is InChI=1S/C20H15N3O/c21-14-15-7-6-10-17(13-15)20(24)23-19(16-8-2-1-3-9-16)18-11-4-5-12-22-18/h1-13,19H,(H,23,24)/t19-/m1/s1. The molecule has 0 saturated heterocycles. The van der Waals surface area contributed by atoms with E-state index < -0.39 is 0 Å². The summed E-state index contributed by atoms with van der Waals surface area (Å²) in [5, 5.41) is 12.0. The van der Waals surface area contributed by atoms with Crippen molar-refractivity contribution in [3.8, 4) is 6.07 Å². The summed E-state index contributed by atoms with van der Waals surface area (Å²) >= 11 is 0. The lowest BCUT2D eigenvalue weighted by Gasteiger charge is -2.19. The molecular formula is C20H15N3O. The van der Waals surface area contributed by atoms with Gasteiger partial charge in [0, 0.05) is 11.8 Å². The van der Waals surface area contributed by atoms with Crippen molar-refractivity contribution >= 4 is 5.91 Å². The second kappa shape index (κ2) is 7.21. The number of benzene rings is 2. The number of aromatic nitrogens is 1. The van der Waals surface area contributed by atoms with E-state index in [-0.39, 0.29) is 11.9 Å². The summed E-state index contributed by atoms with van der Waals surface area (Å²) in [6, 6.07) is 23.6. The zero-order chi connectivity index (χ0) is 16.8. The average Bonchev–Trinajstić information content (AvgIpc) is 2.67. The summed E-state index contributed by atoms with van der Waals surface area (Å²) < 4.78 is 0. The third-order valence-electron chi connectivity index (χ3n) is 3.65. The van der Waals surface area contributed by atoms with E-state index in [0.717, 1.165) is 11.3 Å². The summed E-state index contributed by atoms with van der Waals surface area (Å²) in [4.78, 5) is 17.0. The molecule has 1 heterocycles. The molecule has 3 aromatic rings. The first-order valence-corrected chi connectivity index (χ1v) is 7.55. The molecule has 1 amide bonds. The lowest BCUT2D eigenvalue weighted by Crippen LogP contribution is -2.29. The lowest BCUT2D eigenvalue weighted by atomic mass is 10.0. The molecule has 24 heavy (non-hydrogen) atoms. The van der Waals surface area contributed by atoms with E-state index >= 15 is 0 Å². The van der Waals surface area contributed by atoms with E-state index in [1.807, 2.05) is 54.6 Å². The third-order valence-corrected chi connectivity index (χ3v) is 3.65. The van der Waals surface area contributed by atoms with Crippen LogP contribution in [0, 0.1) is 11.3 Å². The van der Waals surface area contributed by atoms with Crippen molar-refractivity contribution in [2.45, 2.75) is 6.04 Å². The van der Waals surface area contributed by atoms with E-state index in [1.165, 1.54) is 0 Å². The molecule has 4 heteroatoms. The van der Waals surface area contributed by atoms with Gasteiger partial charge < -0.3 is 5.32 Å². The molecule has 0 aliphatic carbocycles. The van der Waals surface area contributed by atoms with Crippen LogP contribution in [0.3, 0.4) is 0 Å². The first-order chi connectivity index (χ1) is 11.8. The van der Waals surface area contributed by atoms with Gasteiger partial charge in [-0.05, 0) is 35.9 Å². The minimum atomic E-state index is -0.356. The van der Waals surface area contributed by atoms with Gasteiger partial charge in [-0.3, -0.25) is 9.78 Å². The monoisotopic (exact) mass is 313 g/mol. The van der Waals surface area contributed by atoms with E-state index in [2.05, 4.69) is 10.3 Å². The zero-order valence-electron chi connectivity index (χ0n) is 12.9. The van der Waals surface area contributed by atoms with Gasteiger partial charge in [0.1, 0.15) is 0 Å². The Hall–Kier alpha value is -3.45. The van der Waals surface area contributed by atoms with Crippen LogP contribution in [0.2, 0.25) is 0 Å². The zero-order valence-corrected chi connectivity index (χ0v) is 12.9. The minimum Gasteiger partial charge on any atom is -0.340 e. The van der Waals surface area contributed by atoms with Gasteiger partial charge in [0.2, 0.25) is 0 Å². The second-order valence-corrected chi connectivity index (χ2v) is 5.26. The van der Waals surface area contributed by atoms with Crippen molar-refractivity contribution in [2.24, 2.45) is 0 Å². The molecule has 1 aromatic heterocycles. The molecule has 0 aliphatic rings. The smallest absolute Gasteiger partial charge is 0.252 e. The molecule has 1 atom stereocenters. The summed E-state index contributed by atoms with van der Waals surface area (Å²) in [6.07, 6.45) is 1.70. The average molecular weight is 313 g/mol. The number of carbonyl (C=O) groups is 1. The minimum absolute atomic E-state index is 0.244. The van der Waals surface area contributed by atoms with Crippen LogP contribution in [-0.4, -0.2) is 10.9 Å². The van der Waals surface area contributed by atoms with Crippen LogP contribution in [0.25, 0.3) is 0 Å². The molecule has 0 aliphatic heterocycles. The highest BCUT2D eigenvalue weighted by atomic mass is 16.1. The van der Waals surface area contributed by atoms with Gasteiger partial charge in [-0.25, -0.2) is 0 Å². The molecule has 116 valence electrons. The van der Waals surface area contributed by atoms with Gasteiger partial charge in [-0.15, -0.1) is 0 Å². The maximum atomic E-state index is 12.6. The quantitative estimate of drug-likeness (QED) is 0.802. The molecule has 0 fully saturated rings. The van der Waals surface area contributed by atoms with E-state index in [9.17, 15) is 4.79 Å². The predicted molar refractivity (Wildman–Crippen MR) is 91.1 cm³/mol. The Bertz CT molecular complexity index is 831. The van der Waals surface area contributed by atoms with Crippen LogP contribution >= 0.6 is 0 Å². The Kier molecular flexibility index (Phi) is 4.64. The van der Waals surface area contributed by atoms with E-state index in [4.69, 9.17) is 5.26 Å². The highest BCUT2D eigenvalue weighted by molar-refractivity contribution is 5.95. The molecule has 0 radical (unpaired) electrons. The van der Waals surface area contributed by atoms with Crippen molar-refractivity contribution in [2.75, 3.05) is 0 Å². The largest absolute Gasteiger partial charge is 0.340 e. The van der Waals surface area contributed by atoms with Crippen LogP contribution < -0.4 is 5.32 Å². The number of nitrogens with zero attached hydrogens (tertiary/aromatic N) is 2. The maximum absolute atomic E-state index is 12.6. The van der Waals surface area contributed by atoms with Crippen molar-refractivity contribution in [3.63, 3.8) is 0 Å². The predicted octanol–water partition coefficient (Wildman–Crippen LogP) is 3.47. The van der Waals surface area contributed by atoms with Gasteiger partial charge in [0.15, 0.2) is 0 Å². The van der Waals surface area contributed by atoms with Gasteiger partial charge in [0.05, 0.1) is 23.4 Å². The molecule has 0 spiro atoms. The summed E-state index contributed by atoms with van der Waals surface area (Å²) in [6.45, 7) is 0. The fourth-order valence-electron chi connectivity index (χ4n) is 2.46.